The lowest BCUT2D eigenvalue weighted by atomic mass is 10.0. The number of hydrogen-bond donors (Lipinski definition) is 2. The molecule has 0 heterocycles. The van der Waals surface area contributed by atoms with Crippen molar-refractivity contribution in [2.24, 2.45) is 5.73 Å². The van der Waals surface area contributed by atoms with Gasteiger partial charge in [0.05, 0.1) is 13.2 Å². The Balaban J connectivity index is 4.19. The summed E-state index contributed by atoms with van der Waals surface area (Å²) < 4.78 is 32.6. The molecule has 0 fully saturated rings. The fourth-order valence-corrected chi connectivity index (χ4v) is 6.16. The van der Waals surface area contributed by atoms with E-state index < -0.39 is 26.5 Å². The Bertz CT molecular complexity index is 739. The standard InChI is InChI=1S/C36H72NO8P/c1-3-5-7-9-11-13-15-17-19-20-22-24-26-28-35(38)42-32-34(33-44-46(40,41)43-31-30-37)45-36(39)29-27-25-23-21-18-16-14-12-10-8-6-4-2/h34H,3-33,37H2,1-2H3,(H,40,41). The summed E-state index contributed by atoms with van der Waals surface area (Å²) in [4.78, 5) is 34.6. The van der Waals surface area contributed by atoms with Gasteiger partial charge in [-0.3, -0.25) is 18.6 Å². The molecular weight excluding hydrogens is 605 g/mol. The molecular formula is C36H72NO8P. The molecule has 0 aromatic carbocycles. The number of carbonyl (C=O) groups is 2. The Morgan fingerprint density at radius 1 is 0.565 bits per heavy atom. The zero-order valence-electron chi connectivity index (χ0n) is 29.8. The summed E-state index contributed by atoms with van der Waals surface area (Å²) in [5, 5.41) is 0. The van der Waals surface area contributed by atoms with Gasteiger partial charge in [0.2, 0.25) is 0 Å². The number of phosphoric ester groups is 1. The summed E-state index contributed by atoms with van der Waals surface area (Å²) in [5.74, 6) is -0.819. The molecule has 0 amide bonds. The quantitative estimate of drug-likeness (QED) is 0.0377. The second kappa shape index (κ2) is 33.9. The van der Waals surface area contributed by atoms with Crippen LogP contribution in [0, 0.1) is 0 Å². The van der Waals surface area contributed by atoms with Gasteiger partial charge in [-0.1, -0.05) is 162 Å². The average Bonchev–Trinajstić information content (AvgIpc) is 3.04. The van der Waals surface area contributed by atoms with Crippen molar-refractivity contribution in [1.82, 2.24) is 0 Å². The lowest BCUT2D eigenvalue weighted by molar-refractivity contribution is -0.161. The molecule has 0 radical (unpaired) electrons. The van der Waals surface area contributed by atoms with E-state index in [9.17, 15) is 19.0 Å². The molecule has 0 bridgehead atoms. The van der Waals surface area contributed by atoms with Crippen LogP contribution in [0.3, 0.4) is 0 Å². The fourth-order valence-electron chi connectivity index (χ4n) is 5.40. The molecule has 0 aliphatic heterocycles. The first-order valence-electron chi connectivity index (χ1n) is 19.0. The summed E-state index contributed by atoms with van der Waals surface area (Å²) in [6.07, 6.45) is 29.8. The molecule has 0 aliphatic rings. The largest absolute Gasteiger partial charge is 0.472 e. The van der Waals surface area contributed by atoms with Gasteiger partial charge < -0.3 is 20.1 Å². The van der Waals surface area contributed by atoms with Crippen molar-refractivity contribution in [3.8, 4) is 0 Å². The van der Waals surface area contributed by atoms with Crippen molar-refractivity contribution >= 4 is 19.8 Å². The minimum absolute atomic E-state index is 0.0577. The molecule has 10 heteroatoms. The zero-order chi connectivity index (χ0) is 34.0. The Labute approximate surface area is 282 Å². The van der Waals surface area contributed by atoms with Gasteiger partial charge in [-0.2, -0.15) is 0 Å². The maximum atomic E-state index is 12.5. The van der Waals surface area contributed by atoms with Gasteiger partial charge in [-0.05, 0) is 12.8 Å². The van der Waals surface area contributed by atoms with Crippen LogP contribution in [0.2, 0.25) is 0 Å². The van der Waals surface area contributed by atoms with E-state index >= 15 is 0 Å². The van der Waals surface area contributed by atoms with Gasteiger partial charge in [0, 0.05) is 19.4 Å². The summed E-state index contributed by atoms with van der Waals surface area (Å²) >= 11 is 0. The average molecular weight is 678 g/mol. The molecule has 274 valence electrons. The van der Waals surface area contributed by atoms with Crippen LogP contribution in [0.1, 0.15) is 187 Å². The number of nitrogens with two attached hydrogens (primary N) is 1. The maximum absolute atomic E-state index is 12.5. The predicted molar refractivity (Wildman–Crippen MR) is 188 cm³/mol. The monoisotopic (exact) mass is 677 g/mol. The Hall–Kier alpha value is -0.990. The lowest BCUT2D eigenvalue weighted by Crippen LogP contribution is -2.29. The third kappa shape index (κ3) is 32.9. The van der Waals surface area contributed by atoms with E-state index in [0.717, 1.165) is 32.1 Å². The van der Waals surface area contributed by atoms with E-state index in [1.165, 1.54) is 122 Å². The third-order valence-corrected chi connectivity index (χ3v) is 9.23. The summed E-state index contributed by atoms with van der Waals surface area (Å²) in [5.41, 5.74) is 5.33. The number of phosphoric acid groups is 1. The molecule has 0 saturated heterocycles. The fraction of sp³-hybridized carbons (Fsp3) is 0.944. The van der Waals surface area contributed by atoms with E-state index in [2.05, 4.69) is 13.8 Å². The SMILES string of the molecule is CCCCCCCCCCCCCCCC(=O)OCC(COP(=O)(O)OCCN)OC(=O)CCCCCCCCCCCCCC. The highest BCUT2D eigenvalue weighted by Crippen LogP contribution is 2.43. The van der Waals surface area contributed by atoms with E-state index in [0.29, 0.717) is 6.42 Å². The molecule has 0 aliphatic carbocycles. The van der Waals surface area contributed by atoms with Gasteiger partial charge in [0.1, 0.15) is 6.61 Å². The smallest absolute Gasteiger partial charge is 0.462 e. The van der Waals surface area contributed by atoms with E-state index in [4.69, 9.17) is 24.3 Å². The number of unbranched alkanes of at least 4 members (excludes halogenated alkanes) is 23. The molecule has 0 rings (SSSR count). The number of esters is 2. The maximum Gasteiger partial charge on any atom is 0.472 e. The molecule has 3 N–H and O–H groups in total. The lowest BCUT2D eigenvalue weighted by Gasteiger charge is -2.19. The van der Waals surface area contributed by atoms with Crippen molar-refractivity contribution in [3.63, 3.8) is 0 Å². The number of ether oxygens (including phenoxy) is 2. The highest BCUT2D eigenvalue weighted by Gasteiger charge is 2.25. The number of carbonyl (C=O) groups excluding carboxylic acids is 2. The predicted octanol–water partition coefficient (Wildman–Crippen LogP) is 10.1. The molecule has 0 aromatic rings. The first-order chi connectivity index (χ1) is 22.3. The Kier molecular flexibility index (Phi) is 33.2. The number of hydrogen-bond acceptors (Lipinski definition) is 8. The van der Waals surface area contributed by atoms with Crippen LogP contribution < -0.4 is 5.73 Å². The van der Waals surface area contributed by atoms with Crippen molar-refractivity contribution in [1.29, 1.82) is 0 Å². The molecule has 0 saturated carbocycles. The highest BCUT2D eigenvalue weighted by atomic mass is 31.2. The van der Waals surface area contributed by atoms with Crippen LogP contribution in [0.25, 0.3) is 0 Å². The Morgan fingerprint density at radius 3 is 1.33 bits per heavy atom. The second-order valence-electron chi connectivity index (χ2n) is 12.8. The van der Waals surface area contributed by atoms with Crippen molar-refractivity contribution in [2.75, 3.05) is 26.4 Å². The first kappa shape index (κ1) is 45.0. The van der Waals surface area contributed by atoms with Crippen molar-refractivity contribution in [3.05, 3.63) is 0 Å². The van der Waals surface area contributed by atoms with Gasteiger partial charge >= 0.3 is 19.8 Å². The number of rotatable bonds is 36. The van der Waals surface area contributed by atoms with Gasteiger partial charge in [-0.15, -0.1) is 0 Å². The topological polar surface area (TPSA) is 134 Å². The normalized spacial score (nSPS) is 13.4. The molecule has 0 spiro atoms. The van der Waals surface area contributed by atoms with E-state index in [1.54, 1.807) is 0 Å². The molecule has 0 aromatic heterocycles. The third-order valence-electron chi connectivity index (χ3n) is 8.24. The highest BCUT2D eigenvalue weighted by molar-refractivity contribution is 7.47. The van der Waals surface area contributed by atoms with Crippen LogP contribution in [0.5, 0.6) is 0 Å². The van der Waals surface area contributed by atoms with Crippen LogP contribution in [0.4, 0.5) is 0 Å². The first-order valence-corrected chi connectivity index (χ1v) is 20.5. The van der Waals surface area contributed by atoms with Gasteiger partial charge in [0.15, 0.2) is 6.10 Å². The van der Waals surface area contributed by atoms with Crippen LogP contribution in [-0.4, -0.2) is 49.3 Å². The molecule has 2 unspecified atom stereocenters. The van der Waals surface area contributed by atoms with E-state index in [1.807, 2.05) is 0 Å². The van der Waals surface area contributed by atoms with Crippen LogP contribution in [0.15, 0.2) is 0 Å². The molecule has 9 nitrogen and oxygen atoms in total. The van der Waals surface area contributed by atoms with Crippen molar-refractivity contribution in [2.45, 2.75) is 193 Å². The minimum Gasteiger partial charge on any atom is -0.462 e. The van der Waals surface area contributed by atoms with Crippen molar-refractivity contribution < 1.29 is 37.6 Å². The van der Waals surface area contributed by atoms with Gasteiger partial charge in [0.25, 0.3) is 0 Å². The zero-order valence-corrected chi connectivity index (χ0v) is 30.7. The van der Waals surface area contributed by atoms with E-state index in [-0.39, 0.29) is 38.6 Å². The summed E-state index contributed by atoms with van der Waals surface area (Å²) in [6, 6.07) is 0. The molecule has 2 atom stereocenters. The minimum atomic E-state index is -4.36. The van der Waals surface area contributed by atoms with Crippen LogP contribution in [-0.2, 0) is 32.7 Å². The summed E-state index contributed by atoms with van der Waals surface area (Å²) in [7, 11) is -4.36. The Morgan fingerprint density at radius 2 is 0.935 bits per heavy atom. The molecule has 46 heavy (non-hydrogen) atoms. The second-order valence-corrected chi connectivity index (χ2v) is 14.3. The summed E-state index contributed by atoms with van der Waals surface area (Å²) in [6.45, 7) is 3.74. The van der Waals surface area contributed by atoms with Crippen LogP contribution >= 0.6 is 7.82 Å². The van der Waals surface area contributed by atoms with Gasteiger partial charge in [-0.25, -0.2) is 4.57 Å².